The molecule has 0 aliphatic carbocycles. The number of nitrogens with zero attached hydrogens (tertiary/aromatic N) is 1. The summed E-state index contributed by atoms with van der Waals surface area (Å²) in [7, 11) is 1.83. The van der Waals surface area contributed by atoms with Crippen LogP contribution in [0.25, 0.3) is 0 Å². The molecule has 0 aromatic heterocycles. The fourth-order valence-corrected chi connectivity index (χ4v) is 1.65. The molecule has 2 amide bonds. The molecule has 1 aromatic rings. The molecule has 86 valence electrons. The summed E-state index contributed by atoms with van der Waals surface area (Å²) < 4.78 is 0. The zero-order valence-electron chi connectivity index (χ0n) is 9.66. The summed E-state index contributed by atoms with van der Waals surface area (Å²) in [6, 6.07) is 8.09. The van der Waals surface area contributed by atoms with Gasteiger partial charge in [0.1, 0.15) is 0 Å². The van der Waals surface area contributed by atoms with Crippen molar-refractivity contribution in [1.82, 2.24) is 10.2 Å². The number of amides is 2. The lowest BCUT2D eigenvalue weighted by Crippen LogP contribution is -2.58. The average Bonchev–Trinajstić information content (AvgIpc) is 2.14. The van der Waals surface area contributed by atoms with Crippen LogP contribution in [0.5, 0.6) is 0 Å². The molecule has 0 bridgehead atoms. The Kier molecular flexibility index (Phi) is 3.10. The number of carbonyl (C=O) groups excluding carboxylic acids is 1. The number of aryl methyl sites for hydroxylation is 1. The molecular formula is C12H17N3O. The SMILES string of the molecule is Cc1cccc(NC(=O)N(C)C2CNC2)c1. The average molecular weight is 219 g/mol. The lowest BCUT2D eigenvalue weighted by Gasteiger charge is -2.35. The number of rotatable bonds is 2. The minimum Gasteiger partial charge on any atom is -0.322 e. The lowest BCUT2D eigenvalue weighted by atomic mass is 10.1. The fourth-order valence-electron chi connectivity index (χ4n) is 1.65. The maximum Gasteiger partial charge on any atom is 0.321 e. The Bertz CT molecular complexity index is 388. The predicted molar refractivity (Wildman–Crippen MR) is 64.6 cm³/mol. The molecule has 0 spiro atoms. The zero-order valence-corrected chi connectivity index (χ0v) is 9.66. The van der Waals surface area contributed by atoms with E-state index in [1.54, 1.807) is 4.90 Å². The third kappa shape index (κ3) is 2.33. The van der Waals surface area contributed by atoms with Crippen molar-refractivity contribution in [1.29, 1.82) is 0 Å². The van der Waals surface area contributed by atoms with Crippen LogP contribution >= 0.6 is 0 Å². The minimum absolute atomic E-state index is 0.0444. The highest BCUT2D eigenvalue weighted by atomic mass is 16.2. The Morgan fingerprint density at radius 3 is 2.81 bits per heavy atom. The fraction of sp³-hybridized carbons (Fsp3) is 0.417. The van der Waals surface area contributed by atoms with E-state index in [0.29, 0.717) is 6.04 Å². The van der Waals surface area contributed by atoms with Gasteiger partial charge in [-0.3, -0.25) is 0 Å². The van der Waals surface area contributed by atoms with Gasteiger partial charge in [-0.2, -0.15) is 0 Å². The summed E-state index contributed by atoms with van der Waals surface area (Å²) in [6.07, 6.45) is 0. The van der Waals surface area contributed by atoms with Gasteiger partial charge in [-0.05, 0) is 24.6 Å². The number of hydrogen-bond acceptors (Lipinski definition) is 2. The van der Waals surface area contributed by atoms with E-state index < -0.39 is 0 Å². The molecule has 0 unspecified atom stereocenters. The predicted octanol–water partition coefficient (Wildman–Crippen LogP) is 1.43. The van der Waals surface area contributed by atoms with Crippen LogP contribution in [0.1, 0.15) is 5.56 Å². The summed E-state index contributed by atoms with van der Waals surface area (Å²) in [5.41, 5.74) is 2.00. The van der Waals surface area contributed by atoms with Crippen molar-refractivity contribution in [3.05, 3.63) is 29.8 Å². The van der Waals surface area contributed by atoms with Crippen LogP contribution in [0.4, 0.5) is 10.5 Å². The smallest absolute Gasteiger partial charge is 0.321 e. The quantitative estimate of drug-likeness (QED) is 0.790. The maximum absolute atomic E-state index is 11.8. The highest BCUT2D eigenvalue weighted by Crippen LogP contribution is 2.11. The molecule has 0 radical (unpaired) electrons. The molecular weight excluding hydrogens is 202 g/mol. The lowest BCUT2D eigenvalue weighted by molar-refractivity contribution is 0.180. The van der Waals surface area contributed by atoms with Gasteiger partial charge in [0.15, 0.2) is 0 Å². The van der Waals surface area contributed by atoms with E-state index in [-0.39, 0.29) is 6.03 Å². The summed E-state index contributed by atoms with van der Waals surface area (Å²) in [6.45, 7) is 3.78. The molecule has 1 fully saturated rings. The molecule has 1 aliphatic heterocycles. The first kappa shape index (κ1) is 11.0. The van der Waals surface area contributed by atoms with Crippen LogP contribution in [-0.2, 0) is 0 Å². The summed E-state index contributed by atoms with van der Waals surface area (Å²) in [5.74, 6) is 0. The number of urea groups is 1. The molecule has 1 heterocycles. The molecule has 2 rings (SSSR count). The number of carbonyl (C=O) groups is 1. The van der Waals surface area contributed by atoms with Gasteiger partial charge in [-0.15, -0.1) is 0 Å². The first-order valence-corrected chi connectivity index (χ1v) is 5.48. The maximum atomic E-state index is 11.8. The second kappa shape index (κ2) is 4.53. The Hall–Kier alpha value is -1.55. The standard InChI is InChI=1S/C12H17N3O/c1-9-4-3-5-10(6-9)14-12(16)15(2)11-7-13-8-11/h3-6,11,13H,7-8H2,1-2H3,(H,14,16). The number of anilines is 1. The number of hydrogen-bond donors (Lipinski definition) is 2. The van der Waals surface area contributed by atoms with Crippen molar-refractivity contribution in [2.24, 2.45) is 0 Å². The summed E-state index contributed by atoms with van der Waals surface area (Å²) >= 11 is 0. The topological polar surface area (TPSA) is 44.4 Å². The van der Waals surface area contributed by atoms with Crippen molar-refractivity contribution in [2.75, 3.05) is 25.5 Å². The van der Waals surface area contributed by atoms with E-state index in [9.17, 15) is 4.79 Å². The van der Waals surface area contributed by atoms with Crippen LogP contribution in [-0.4, -0.2) is 37.1 Å². The summed E-state index contributed by atoms with van der Waals surface area (Å²) in [4.78, 5) is 13.6. The van der Waals surface area contributed by atoms with Gasteiger partial charge >= 0.3 is 6.03 Å². The summed E-state index contributed by atoms with van der Waals surface area (Å²) in [5, 5.41) is 6.04. The normalized spacial score (nSPS) is 15.4. The van der Waals surface area contributed by atoms with Gasteiger partial charge in [0, 0.05) is 25.8 Å². The van der Waals surface area contributed by atoms with Crippen molar-refractivity contribution < 1.29 is 4.79 Å². The van der Waals surface area contributed by atoms with Gasteiger partial charge in [0.05, 0.1) is 6.04 Å². The van der Waals surface area contributed by atoms with E-state index >= 15 is 0 Å². The molecule has 4 nitrogen and oxygen atoms in total. The highest BCUT2D eigenvalue weighted by Gasteiger charge is 2.25. The Morgan fingerprint density at radius 1 is 1.50 bits per heavy atom. The van der Waals surface area contributed by atoms with E-state index in [1.165, 1.54) is 0 Å². The molecule has 1 aliphatic rings. The van der Waals surface area contributed by atoms with E-state index in [2.05, 4.69) is 10.6 Å². The minimum atomic E-state index is -0.0444. The van der Waals surface area contributed by atoms with Gasteiger partial charge in [0.2, 0.25) is 0 Å². The third-order valence-corrected chi connectivity index (χ3v) is 2.90. The van der Waals surface area contributed by atoms with Crippen molar-refractivity contribution >= 4 is 11.7 Å². The second-order valence-corrected chi connectivity index (χ2v) is 4.22. The second-order valence-electron chi connectivity index (χ2n) is 4.22. The van der Waals surface area contributed by atoms with Crippen LogP contribution < -0.4 is 10.6 Å². The van der Waals surface area contributed by atoms with Crippen LogP contribution in [0.15, 0.2) is 24.3 Å². The Morgan fingerprint density at radius 2 is 2.25 bits per heavy atom. The zero-order chi connectivity index (χ0) is 11.5. The molecule has 0 saturated carbocycles. The molecule has 1 aromatic carbocycles. The van der Waals surface area contributed by atoms with Crippen LogP contribution in [0.3, 0.4) is 0 Å². The molecule has 16 heavy (non-hydrogen) atoms. The Balaban J connectivity index is 1.96. The largest absolute Gasteiger partial charge is 0.322 e. The highest BCUT2D eigenvalue weighted by molar-refractivity contribution is 5.89. The van der Waals surface area contributed by atoms with Gasteiger partial charge < -0.3 is 15.5 Å². The molecule has 2 N–H and O–H groups in total. The third-order valence-electron chi connectivity index (χ3n) is 2.90. The molecule has 1 saturated heterocycles. The van der Waals surface area contributed by atoms with Crippen molar-refractivity contribution in [3.8, 4) is 0 Å². The van der Waals surface area contributed by atoms with E-state index in [4.69, 9.17) is 0 Å². The van der Waals surface area contributed by atoms with Gasteiger partial charge in [-0.1, -0.05) is 12.1 Å². The van der Waals surface area contributed by atoms with Crippen molar-refractivity contribution in [2.45, 2.75) is 13.0 Å². The van der Waals surface area contributed by atoms with E-state index in [0.717, 1.165) is 24.3 Å². The molecule has 0 atom stereocenters. The van der Waals surface area contributed by atoms with Gasteiger partial charge in [0.25, 0.3) is 0 Å². The van der Waals surface area contributed by atoms with Crippen LogP contribution in [0.2, 0.25) is 0 Å². The number of nitrogens with one attached hydrogen (secondary N) is 2. The van der Waals surface area contributed by atoms with Gasteiger partial charge in [-0.25, -0.2) is 4.79 Å². The Labute approximate surface area is 95.6 Å². The van der Waals surface area contributed by atoms with Crippen LogP contribution in [0, 0.1) is 6.92 Å². The first-order chi connectivity index (χ1) is 7.66. The monoisotopic (exact) mass is 219 g/mol. The van der Waals surface area contributed by atoms with E-state index in [1.807, 2.05) is 38.2 Å². The van der Waals surface area contributed by atoms with Crippen molar-refractivity contribution in [3.63, 3.8) is 0 Å². The first-order valence-electron chi connectivity index (χ1n) is 5.48. The number of likely N-dealkylation sites (N-methyl/N-ethyl adjacent to an activating group) is 1. The molecule has 4 heteroatoms. The number of benzene rings is 1.